The molecule has 5 heterocycles. The van der Waals surface area contributed by atoms with Crippen LogP contribution in [-0.2, 0) is 0 Å². The number of nitrogens with zero attached hydrogens (tertiary/aromatic N) is 5. The second-order valence-corrected chi connectivity index (χ2v) is 7.84. The average molecular weight is 411 g/mol. The van der Waals surface area contributed by atoms with Gasteiger partial charge in [0.15, 0.2) is 0 Å². The minimum absolute atomic E-state index is 1.00. The molecule has 2 aromatic carbocycles. The van der Waals surface area contributed by atoms with E-state index in [0.717, 1.165) is 55.2 Å². The quantitative estimate of drug-likeness (QED) is 0.347. The van der Waals surface area contributed by atoms with Gasteiger partial charge < -0.3 is 9.13 Å². The van der Waals surface area contributed by atoms with Crippen molar-refractivity contribution >= 4 is 43.9 Å². The first-order valence-electron chi connectivity index (χ1n) is 10.5. The Balaban J connectivity index is 1.71. The van der Waals surface area contributed by atoms with Gasteiger partial charge in [-0.25, -0.2) is 4.98 Å². The molecule has 0 saturated heterocycles. The number of benzene rings is 2. The van der Waals surface area contributed by atoms with Gasteiger partial charge in [0, 0.05) is 46.9 Å². The molecule has 5 aromatic heterocycles. The van der Waals surface area contributed by atoms with Crippen LogP contribution in [0.15, 0.2) is 104 Å². The molecule has 7 rings (SSSR count). The molecule has 7 aromatic rings. The van der Waals surface area contributed by atoms with Gasteiger partial charge in [0.1, 0.15) is 0 Å². The van der Waals surface area contributed by atoms with E-state index in [2.05, 4.69) is 73.7 Å². The van der Waals surface area contributed by atoms with Crippen LogP contribution in [0.25, 0.3) is 55.2 Å². The maximum atomic E-state index is 5.25. The van der Waals surface area contributed by atoms with E-state index < -0.39 is 0 Å². The Morgan fingerprint density at radius 1 is 0.469 bits per heavy atom. The van der Waals surface area contributed by atoms with Gasteiger partial charge >= 0.3 is 0 Å². The number of hydrogen-bond acceptors (Lipinski definition) is 3. The van der Waals surface area contributed by atoms with Gasteiger partial charge in [-0.2, -0.15) is 0 Å². The van der Waals surface area contributed by atoms with Crippen LogP contribution in [0.3, 0.4) is 0 Å². The van der Waals surface area contributed by atoms with E-state index in [4.69, 9.17) is 4.98 Å². The Morgan fingerprint density at radius 3 is 1.38 bits per heavy atom. The zero-order valence-corrected chi connectivity index (χ0v) is 17.1. The van der Waals surface area contributed by atoms with Gasteiger partial charge in [-0.1, -0.05) is 36.4 Å². The third kappa shape index (κ3) is 2.30. The first-order chi connectivity index (χ1) is 15.9. The molecule has 0 bridgehead atoms. The van der Waals surface area contributed by atoms with Crippen LogP contribution < -0.4 is 0 Å². The van der Waals surface area contributed by atoms with E-state index in [1.807, 2.05) is 49.1 Å². The zero-order valence-electron chi connectivity index (χ0n) is 17.1. The van der Waals surface area contributed by atoms with Crippen molar-refractivity contribution in [2.75, 3.05) is 0 Å². The predicted molar refractivity (Wildman–Crippen MR) is 129 cm³/mol. The Morgan fingerprint density at radius 2 is 0.906 bits per heavy atom. The SMILES string of the molecule is c1ccc2c(c1)c1nc3c4ccccc4n(-c4ccncc4)c3cc1n2-c1ccncc1. The average Bonchev–Trinajstić information content (AvgIpc) is 3.36. The van der Waals surface area contributed by atoms with Crippen molar-refractivity contribution in [3.05, 3.63) is 104 Å². The molecule has 0 unspecified atom stereocenters. The molecule has 32 heavy (non-hydrogen) atoms. The van der Waals surface area contributed by atoms with Gasteiger partial charge in [-0.15, -0.1) is 0 Å². The van der Waals surface area contributed by atoms with E-state index in [9.17, 15) is 0 Å². The first-order valence-corrected chi connectivity index (χ1v) is 10.5. The first kappa shape index (κ1) is 17.2. The monoisotopic (exact) mass is 411 g/mol. The topological polar surface area (TPSA) is 48.5 Å². The number of pyridine rings is 3. The molecule has 0 N–H and O–H groups in total. The fraction of sp³-hybridized carbons (Fsp3) is 0. The lowest BCUT2D eigenvalue weighted by Crippen LogP contribution is -1.96. The Bertz CT molecular complexity index is 1630. The molecule has 0 spiro atoms. The molecule has 150 valence electrons. The number of hydrogen-bond donors (Lipinski definition) is 0. The number of fused-ring (bicyclic) bond motifs is 6. The Kier molecular flexibility index (Phi) is 3.49. The fourth-order valence-electron chi connectivity index (χ4n) is 4.77. The summed E-state index contributed by atoms with van der Waals surface area (Å²) < 4.78 is 4.54. The molecule has 5 heteroatoms. The van der Waals surface area contributed by atoms with E-state index in [0.29, 0.717) is 0 Å². The summed E-state index contributed by atoms with van der Waals surface area (Å²) in [4.78, 5) is 13.7. The molecule has 0 atom stereocenters. The third-order valence-electron chi connectivity index (χ3n) is 6.11. The molecule has 0 amide bonds. The summed E-state index contributed by atoms with van der Waals surface area (Å²) >= 11 is 0. The second kappa shape index (κ2) is 6.49. The highest BCUT2D eigenvalue weighted by molar-refractivity contribution is 6.15. The van der Waals surface area contributed by atoms with Crippen LogP contribution in [0.4, 0.5) is 0 Å². The third-order valence-corrected chi connectivity index (χ3v) is 6.11. The van der Waals surface area contributed by atoms with E-state index in [1.54, 1.807) is 0 Å². The summed E-state index contributed by atoms with van der Waals surface area (Å²) in [6.45, 7) is 0. The maximum Gasteiger partial charge on any atom is 0.0972 e. The molecule has 0 aliphatic rings. The predicted octanol–water partition coefficient (Wildman–Crippen LogP) is 6.07. The zero-order chi connectivity index (χ0) is 21.1. The fourth-order valence-corrected chi connectivity index (χ4v) is 4.77. The molecule has 0 fully saturated rings. The van der Waals surface area contributed by atoms with Crippen LogP contribution in [0.5, 0.6) is 0 Å². The minimum Gasteiger partial charge on any atom is -0.307 e. The highest BCUT2D eigenvalue weighted by atomic mass is 15.0. The number of rotatable bonds is 2. The summed E-state index contributed by atoms with van der Waals surface area (Å²) in [7, 11) is 0. The summed E-state index contributed by atoms with van der Waals surface area (Å²) in [6, 6.07) is 27.3. The molecular weight excluding hydrogens is 394 g/mol. The molecule has 0 radical (unpaired) electrons. The van der Waals surface area contributed by atoms with Crippen LogP contribution >= 0.6 is 0 Å². The smallest absolute Gasteiger partial charge is 0.0972 e. The second-order valence-electron chi connectivity index (χ2n) is 7.84. The molecule has 0 aliphatic carbocycles. The van der Waals surface area contributed by atoms with Crippen molar-refractivity contribution in [3.63, 3.8) is 0 Å². The highest BCUT2D eigenvalue weighted by Gasteiger charge is 2.19. The standard InChI is InChI=1S/C27H17N5/c1-3-7-22-20(5-1)26-24(31(22)18-9-13-28-14-10-18)17-25-27(30-26)21-6-2-4-8-23(21)32(25)19-11-15-29-16-12-19/h1-17H. The largest absolute Gasteiger partial charge is 0.307 e. The van der Waals surface area contributed by atoms with Gasteiger partial charge in [0.25, 0.3) is 0 Å². The molecular formula is C27H17N5. The van der Waals surface area contributed by atoms with E-state index >= 15 is 0 Å². The lowest BCUT2D eigenvalue weighted by Gasteiger charge is -2.09. The molecule has 0 saturated carbocycles. The molecule has 0 aliphatic heterocycles. The van der Waals surface area contributed by atoms with Crippen molar-refractivity contribution in [3.8, 4) is 11.4 Å². The van der Waals surface area contributed by atoms with Crippen molar-refractivity contribution in [2.45, 2.75) is 0 Å². The normalized spacial score (nSPS) is 11.8. The Hall–Kier alpha value is -4.51. The van der Waals surface area contributed by atoms with Crippen molar-refractivity contribution < 1.29 is 0 Å². The summed E-state index contributed by atoms with van der Waals surface area (Å²) in [6.07, 6.45) is 7.32. The molecule has 5 nitrogen and oxygen atoms in total. The van der Waals surface area contributed by atoms with Gasteiger partial charge in [-0.05, 0) is 42.5 Å². The minimum atomic E-state index is 1.00. The number of aromatic nitrogens is 5. The number of para-hydroxylation sites is 2. The van der Waals surface area contributed by atoms with E-state index in [-0.39, 0.29) is 0 Å². The van der Waals surface area contributed by atoms with Crippen molar-refractivity contribution in [1.29, 1.82) is 0 Å². The van der Waals surface area contributed by atoms with Crippen LogP contribution in [0.2, 0.25) is 0 Å². The van der Waals surface area contributed by atoms with Crippen LogP contribution in [0, 0.1) is 0 Å². The summed E-state index contributed by atoms with van der Waals surface area (Å²) in [5.74, 6) is 0. The maximum absolute atomic E-state index is 5.25. The summed E-state index contributed by atoms with van der Waals surface area (Å²) in [5.41, 5.74) is 8.55. The van der Waals surface area contributed by atoms with Crippen LogP contribution in [-0.4, -0.2) is 24.1 Å². The van der Waals surface area contributed by atoms with Gasteiger partial charge in [0.2, 0.25) is 0 Å². The van der Waals surface area contributed by atoms with Crippen molar-refractivity contribution in [2.24, 2.45) is 0 Å². The van der Waals surface area contributed by atoms with E-state index in [1.165, 1.54) is 0 Å². The van der Waals surface area contributed by atoms with Crippen LogP contribution in [0.1, 0.15) is 0 Å². The highest BCUT2D eigenvalue weighted by Crippen LogP contribution is 2.37. The lowest BCUT2D eigenvalue weighted by atomic mass is 10.2. The van der Waals surface area contributed by atoms with Crippen molar-refractivity contribution in [1.82, 2.24) is 24.1 Å². The summed E-state index contributed by atoms with van der Waals surface area (Å²) in [5, 5.41) is 2.28. The van der Waals surface area contributed by atoms with Gasteiger partial charge in [0.05, 0.1) is 33.1 Å². The van der Waals surface area contributed by atoms with Gasteiger partial charge in [-0.3, -0.25) is 9.97 Å². The lowest BCUT2D eigenvalue weighted by molar-refractivity contribution is 1.14. The Labute approximate surface area is 183 Å².